The molecule has 17 heavy (non-hydrogen) atoms. The minimum absolute atomic E-state index is 0.196. The Bertz CT molecular complexity index is 224. The molecule has 0 aromatic rings. The van der Waals surface area contributed by atoms with E-state index >= 15 is 0 Å². The molecular weight excluding hydrogens is 216 g/mol. The summed E-state index contributed by atoms with van der Waals surface area (Å²) in [4.78, 5) is 11.0. The molecule has 1 atom stereocenters. The lowest BCUT2D eigenvalue weighted by atomic mass is 10.1. The molecule has 1 unspecified atom stereocenters. The van der Waals surface area contributed by atoms with Crippen LogP contribution in [0.3, 0.4) is 0 Å². The lowest BCUT2D eigenvalue weighted by Gasteiger charge is -2.10. The molecule has 1 N–H and O–H groups in total. The number of rotatable bonds is 10. The Balaban J connectivity index is 3.33. The quantitative estimate of drug-likeness (QED) is 0.363. The summed E-state index contributed by atoms with van der Waals surface area (Å²) in [6.07, 6.45) is 6.67. The van der Waals surface area contributed by atoms with Gasteiger partial charge in [-0.15, -0.1) is 0 Å². The van der Waals surface area contributed by atoms with Crippen molar-refractivity contribution < 1.29 is 14.6 Å². The minimum Gasteiger partial charge on any atom is -0.462 e. The number of ether oxygens (including phenoxy) is 1. The van der Waals surface area contributed by atoms with Gasteiger partial charge in [0.05, 0.1) is 12.7 Å². The van der Waals surface area contributed by atoms with Crippen molar-refractivity contribution in [2.24, 2.45) is 0 Å². The van der Waals surface area contributed by atoms with Gasteiger partial charge in [-0.25, -0.2) is 4.79 Å². The number of aliphatic hydroxyl groups is 1. The minimum atomic E-state index is -0.325. The molecule has 0 heterocycles. The monoisotopic (exact) mass is 242 g/mol. The molecule has 0 spiro atoms. The Kier molecular flexibility index (Phi) is 9.83. The largest absolute Gasteiger partial charge is 0.462 e. The number of aliphatic hydroxyl groups excluding tert-OH is 1. The Morgan fingerprint density at radius 1 is 1.24 bits per heavy atom. The van der Waals surface area contributed by atoms with Crippen LogP contribution >= 0.6 is 0 Å². The third kappa shape index (κ3) is 10.1. The van der Waals surface area contributed by atoms with E-state index in [0.717, 1.165) is 32.1 Å². The highest BCUT2D eigenvalue weighted by Gasteiger charge is 2.05. The van der Waals surface area contributed by atoms with E-state index in [0.29, 0.717) is 12.2 Å². The van der Waals surface area contributed by atoms with Crippen molar-refractivity contribution >= 4 is 5.97 Å². The highest BCUT2D eigenvalue weighted by molar-refractivity contribution is 5.86. The molecule has 0 saturated carbocycles. The zero-order chi connectivity index (χ0) is 13.1. The number of unbranched alkanes of at least 4 members (excludes halogenated alkanes) is 3. The highest BCUT2D eigenvalue weighted by Crippen LogP contribution is 2.09. The average molecular weight is 242 g/mol. The molecule has 0 aliphatic heterocycles. The van der Waals surface area contributed by atoms with Gasteiger partial charge in [-0.05, 0) is 32.6 Å². The summed E-state index contributed by atoms with van der Waals surface area (Å²) < 4.78 is 4.96. The smallest absolute Gasteiger partial charge is 0.333 e. The van der Waals surface area contributed by atoms with Gasteiger partial charge in [0, 0.05) is 5.57 Å². The summed E-state index contributed by atoms with van der Waals surface area (Å²) >= 11 is 0. The molecule has 0 aliphatic carbocycles. The average Bonchev–Trinajstić information content (AvgIpc) is 2.28. The molecule has 0 aromatic heterocycles. The van der Waals surface area contributed by atoms with Crippen molar-refractivity contribution in [2.45, 2.75) is 64.9 Å². The van der Waals surface area contributed by atoms with Gasteiger partial charge in [0.15, 0.2) is 0 Å². The molecule has 3 heteroatoms. The summed E-state index contributed by atoms with van der Waals surface area (Å²) in [6.45, 7) is 7.73. The Morgan fingerprint density at radius 3 is 2.35 bits per heavy atom. The van der Waals surface area contributed by atoms with E-state index in [-0.39, 0.29) is 12.1 Å². The number of carbonyl (C=O) groups is 1. The van der Waals surface area contributed by atoms with Crippen LogP contribution in [0.25, 0.3) is 0 Å². The van der Waals surface area contributed by atoms with Crippen LogP contribution in [-0.4, -0.2) is 23.8 Å². The van der Waals surface area contributed by atoms with Crippen molar-refractivity contribution in [1.29, 1.82) is 0 Å². The topological polar surface area (TPSA) is 46.5 Å². The van der Waals surface area contributed by atoms with E-state index in [1.54, 1.807) is 6.92 Å². The van der Waals surface area contributed by atoms with Gasteiger partial charge < -0.3 is 9.84 Å². The first-order valence-electron chi connectivity index (χ1n) is 6.58. The molecule has 0 rings (SSSR count). The van der Waals surface area contributed by atoms with Crippen LogP contribution in [0, 0.1) is 0 Å². The maximum Gasteiger partial charge on any atom is 0.333 e. The molecule has 0 radical (unpaired) electrons. The van der Waals surface area contributed by atoms with Crippen molar-refractivity contribution in [1.82, 2.24) is 0 Å². The predicted molar refractivity (Wildman–Crippen MR) is 69.8 cm³/mol. The highest BCUT2D eigenvalue weighted by atomic mass is 16.5. The maximum atomic E-state index is 11.0. The molecule has 0 aliphatic rings. The summed E-state index contributed by atoms with van der Waals surface area (Å²) in [6, 6.07) is 0. The van der Waals surface area contributed by atoms with E-state index < -0.39 is 0 Å². The van der Waals surface area contributed by atoms with Gasteiger partial charge in [-0.1, -0.05) is 32.8 Å². The van der Waals surface area contributed by atoms with Crippen LogP contribution < -0.4 is 0 Å². The summed E-state index contributed by atoms with van der Waals surface area (Å²) in [5.74, 6) is -0.325. The predicted octanol–water partition coefficient (Wildman–Crippen LogP) is 3.22. The number of hydrogen-bond acceptors (Lipinski definition) is 3. The Labute approximate surface area is 105 Å². The van der Waals surface area contributed by atoms with Crippen LogP contribution in [0.4, 0.5) is 0 Å². The van der Waals surface area contributed by atoms with Crippen molar-refractivity contribution in [3.05, 3.63) is 12.2 Å². The second kappa shape index (κ2) is 10.3. The van der Waals surface area contributed by atoms with Gasteiger partial charge >= 0.3 is 5.97 Å². The van der Waals surface area contributed by atoms with E-state index in [2.05, 4.69) is 13.5 Å². The summed E-state index contributed by atoms with van der Waals surface area (Å²) in [5, 5.41) is 9.65. The molecule has 100 valence electrons. The first-order chi connectivity index (χ1) is 8.07. The maximum absolute atomic E-state index is 11.0. The third-order valence-electron chi connectivity index (χ3n) is 2.65. The van der Waals surface area contributed by atoms with E-state index in [9.17, 15) is 9.90 Å². The van der Waals surface area contributed by atoms with Gasteiger partial charge in [0.25, 0.3) is 0 Å². The second-order valence-electron chi connectivity index (χ2n) is 4.56. The fraction of sp³-hybridized carbons (Fsp3) is 0.786. The van der Waals surface area contributed by atoms with Gasteiger partial charge in [0.1, 0.15) is 0 Å². The van der Waals surface area contributed by atoms with E-state index in [1.165, 1.54) is 12.8 Å². The SMILES string of the molecule is C=C(C)C(=O)OCCCCC(O)CCCCC. The van der Waals surface area contributed by atoms with Gasteiger partial charge in [-0.2, -0.15) is 0 Å². The molecule has 0 bridgehead atoms. The first-order valence-corrected chi connectivity index (χ1v) is 6.58. The standard InChI is InChI=1S/C14H26O3/c1-4-5-6-9-13(15)10-7-8-11-17-14(16)12(2)3/h13,15H,2,4-11H2,1,3H3. The number of carbonyl (C=O) groups excluding carboxylic acids is 1. The van der Waals surface area contributed by atoms with Crippen molar-refractivity contribution in [3.8, 4) is 0 Å². The molecule has 0 aromatic carbocycles. The van der Waals surface area contributed by atoms with Crippen LogP contribution in [0.1, 0.15) is 58.8 Å². The Morgan fingerprint density at radius 2 is 1.82 bits per heavy atom. The van der Waals surface area contributed by atoms with Gasteiger partial charge in [-0.3, -0.25) is 0 Å². The zero-order valence-corrected chi connectivity index (χ0v) is 11.2. The third-order valence-corrected chi connectivity index (χ3v) is 2.65. The van der Waals surface area contributed by atoms with E-state index in [4.69, 9.17) is 4.74 Å². The van der Waals surface area contributed by atoms with Crippen LogP contribution in [0.15, 0.2) is 12.2 Å². The molecule has 0 amide bonds. The zero-order valence-electron chi connectivity index (χ0n) is 11.2. The number of hydrogen-bond donors (Lipinski definition) is 1. The van der Waals surface area contributed by atoms with Crippen molar-refractivity contribution in [3.63, 3.8) is 0 Å². The fourth-order valence-electron chi connectivity index (χ4n) is 1.54. The molecular formula is C14H26O3. The summed E-state index contributed by atoms with van der Waals surface area (Å²) in [5.41, 5.74) is 0.435. The van der Waals surface area contributed by atoms with Crippen LogP contribution in [0.2, 0.25) is 0 Å². The lowest BCUT2D eigenvalue weighted by molar-refractivity contribution is -0.139. The normalized spacial score (nSPS) is 12.2. The molecule has 0 saturated heterocycles. The Hall–Kier alpha value is -0.830. The fourth-order valence-corrected chi connectivity index (χ4v) is 1.54. The molecule has 0 fully saturated rings. The van der Waals surface area contributed by atoms with Gasteiger partial charge in [0.2, 0.25) is 0 Å². The first kappa shape index (κ1) is 16.2. The van der Waals surface area contributed by atoms with E-state index in [1.807, 2.05) is 0 Å². The van der Waals surface area contributed by atoms with Crippen LogP contribution in [0.5, 0.6) is 0 Å². The number of esters is 1. The molecule has 3 nitrogen and oxygen atoms in total. The second-order valence-corrected chi connectivity index (χ2v) is 4.56. The lowest BCUT2D eigenvalue weighted by Crippen LogP contribution is -2.09. The van der Waals surface area contributed by atoms with Crippen LogP contribution in [-0.2, 0) is 9.53 Å². The summed E-state index contributed by atoms with van der Waals surface area (Å²) in [7, 11) is 0. The van der Waals surface area contributed by atoms with Crippen molar-refractivity contribution in [2.75, 3.05) is 6.61 Å².